The molecule has 8 heteroatoms. The molecule has 5 rings (SSSR count). The fourth-order valence-electron chi connectivity index (χ4n) is 4.23. The molecule has 0 saturated carbocycles. The van der Waals surface area contributed by atoms with Crippen molar-refractivity contribution < 1.29 is 9.21 Å². The normalized spacial score (nSPS) is 13.3. The quantitative estimate of drug-likeness (QED) is 0.503. The lowest BCUT2D eigenvalue weighted by Gasteiger charge is -2.13. The van der Waals surface area contributed by atoms with Gasteiger partial charge in [-0.1, -0.05) is 17.7 Å². The van der Waals surface area contributed by atoms with E-state index in [4.69, 9.17) is 4.42 Å². The number of fused-ring (bicyclic) bond motifs is 3. The molecule has 0 bridgehead atoms. The number of benzene rings is 1. The van der Waals surface area contributed by atoms with Gasteiger partial charge < -0.3 is 9.73 Å². The van der Waals surface area contributed by atoms with Crippen LogP contribution in [0.4, 0.5) is 5.69 Å². The van der Waals surface area contributed by atoms with Gasteiger partial charge in [0.05, 0.1) is 18.2 Å². The average Bonchev–Trinajstić information content (AvgIpc) is 3.43. The minimum absolute atomic E-state index is 0.0325. The van der Waals surface area contributed by atoms with Crippen molar-refractivity contribution in [1.29, 1.82) is 0 Å². The van der Waals surface area contributed by atoms with Crippen LogP contribution in [0.2, 0.25) is 0 Å². The van der Waals surface area contributed by atoms with E-state index in [0.29, 0.717) is 21.7 Å². The van der Waals surface area contributed by atoms with Crippen molar-refractivity contribution in [2.75, 3.05) is 5.32 Å². The molecule has 0 atom stereocenters. The molecular formula is C24H23N3O4S. The second kappa shape index (κ2) is 8.27. The second-order valence-corrected chi connectivity index (χ2v) is 9.23. The van der Waals surface area contributed by atoms with E-state index in [2.05, 4.69) is 5.32 Å². The summed E-state index contributed by atoms with van der Waals surface area (Å²) in [6, 6.07) is 10.9. The van der Waals surface area contributed by atoms with E-state index in [1.165, 1.54) is 26.7 Å². The van der Waals surface area contributed by atoms with Crippen LogP contribution in [-0.2, 0) is 30.7 Å². The summed E-state index contributed by atoms with van der Waals surface area (Å²) in [5.74, 6) is 0.204. The van der Waals surface area contributed by atoms with Gasteiger partial charge in [0, 0.05) is 10.6 Å². The lowest BCUT2D eigenvalue weighted by Crippen LogP contribution is -2.41. The lowest BCUT2D eigenvalue weighted by atomic mass is 9.97. The van der Waals surface area contributed by atoms with Crippen LogP contribution in [0.25, 0.3) is 10.2 Å². The number of aryl methyl sites for hydroxylation is 3. The highest BCUT2D eigenvalue weighted by Gasteiger charge is 2.24. The average molecular weight is 450 g/mol. The number of aromatic nitrogens is 2. The van der Waals surface area contributed by atoms with Gasteiger partial charge in [0.2, 0.25) is 5.91 Å². The maximum absolute atomic E-state index is 13.4. The summed E-state index contributed by atoms with van der Waals surface area (Å²) >= 11 is 1.47. The Morgan fingerprint density at radius 2 is 1.88 bits per heavy atom. The largest absolute Gasteiger partial charge is 0.467 e. The van der Waals surface area contributed by atoms with Crippen molar-refractivity contribution in [2.45, 2.75) is 45.7 Å². The van der Waals surface area contributed by atoms with Crippen molar-refractivity contribution >= 4 is 33.1 Å². The SMILES string of the molecule is Cc1ccc(NC(=O)Cn2c(=O)n(Cc3ccco3)c(=O)c3c4c(sc32)CCCC4)cc1. The van der Waals surface area contributed by atoms with Crippen LogP contribution in [0.5, 0.6) is 0 Å². The van der Waals surface area contributed by atoms with Crippen LogP contribution in [0.1, 0.15) is 34.6 Å². The van der Waals surface area contributed by atoms with Crippen LogP contribution in [0.15, 0.2) is 56.7 Å². The first-order valence-corrected chi connectivity index (χ1v) is 11.5. The molecule has 164 valence electrons. The highest BCUT2D eigenvalue weighted by atomic mass is 32.1. The third kappa shape index (κ3) is 3.71. The van der Waals surface area contributed by atoms with Crippen molar-refractivity contribution in [3.63, 3.8) is 0 Å². The number of carbonyl (C=O) groups excluding carboxylic acids is 1. The Labute approximate surface area is 187 Å². The fourth-order valence-corrected chi connectivity index (χ4v) is 5.61. The zero-order chi connectivity index (χ0) is 22.2. The minimum atomic E-state index is -0.503. The first kappa shape index (κ1) is 20.5. The van der Waals surface area contributed by atoms with E-state index in [-0.39, 0.29) is 24.6 Å². The highest BCUT2D eigenvalue weighted by Crippen LogP contribution is 2.34. The predicted octanol–water partition coefficient (Wildman–Crippen LogP) is 3.69. The lowest BCUT2D eigenvalue weighted by molar-refractivity contribution is -0.116. The van der Waals surface area contributed by atoms with Crippen molar-refractivity contribution in [3.05, 3.63) is 85.3 Å². The third-order valence-corrected chi connectivity index (χ3v) is 7.16. The van der Waals surface area contributed by atoms with Crippen LogP contribution >= 0.6 is 11.3 Å². The van der Waals surface area contributed by atoms with Gasteiger partial charge in [-0.15, -0.1) is 11.3 Å². The van der Waals surface area contributed by atoms with Gasteiger partial charge in [0.1, 0.15) is 17.1 Å². The molecule has 3 heterocycles. The molecule has 0 spiro atoms. The number of hydrogen-bond acceptors (Lipinski definition) is 5. The van der Waals surface area contributed by atoms with E-state index in [1.54, 1.807) is 12.1 Å². The Balaban J connectivity index is 1.60. The van der Waals surface area contributed by atoms with Gasteiger partial charge >= 0.3 is 5.69 Å². The number of hydrogen-bond donors (Lipinski definition) is 1. The van der Waals surface area contributed by atoms with Crippen LogP contribution in [0.3, 0.4) is 0 Å². The van der Waals surface area contributed by atoms with Crippen molar-refractivity contribution in [2.24, 2.45) is 0 Å². The molecule has 3 aromatic heterocycles. The summed E-state index contributed by atoms with van der Waals surface area (Å²) in [4.78, 5) is 41.3. The zero-order valence-electron chi connectivity index (χ0n) is 17.7. The zero-order valence-corrected chi connectivity index (χ0v) is 18.5. The molecule has 4 aromatic rings. The van der Waals surface area contributed by atoms with Crippen LogP contribution in [-0.4, -0.2) is 15.0 Å². The van der Waals surface area contributed by atoms with Gasteiger partial charge in [-0.05, 0) is 62.4 Å². The van der Waals surface area contributed by atoms with Crippen LogP contribution in [0, 0.1) is 6.92 Å². The number of nitrogens with zero attached hydrogens (tertiary/aromatic N) is 2. The molecule has 1 aliphatic carbocycles. The molecule has 1 N–H and O–H groups in total. The molecule has 1 amide bonds. The second-order valence-electron chi connectivity index (χ2n) is 8.14. The van der Waals surface area contributed by atoms with Gasteiger partial charge in [-0.3, -0.25) is 18.7 Å². The number of carbonyl (C=O) groups is 1. The topological polar surface area (TPSA) is 86.2 Å². The van der Waals surface area contributed by atoms with E-state index in [9.17, 15) is 14.4 Å². The number of thiophene rings is 1. The van der Waals surface area contributed by atoms with E-state index >= 15 is 0 Å². The summed E-state index contributed by atoms with van der Waals surface area (Å²) in [7, 11) is 0. The molecular weight excluding hydrogens is 426 g/mol. The van der Waals surface area contributed by atoms with Crippen molar-refractivity contribution in [3.8, 4) is 0 Å². The summed E-state index contributed by atoms with van der Waals surface area (Å²) in [6.45, 7) is 1.84. The summed E-state index contributed by atoms with van der Waals surface area (Å²) in [5.41, 5.74) is 1.98. The molecule has 32 heavy (non-hydrogen) atoms. The summed E-state index contributed by atoms with van der Waals surface area (Å²) in [5, 5.41) is 3.42. The third-order valence-electron chi connectivity index (χ3n) is 5.85. The fraction of sp³-hybridized carbons (Fsp3) is 0.292. The van der Waals surface area contributed by atoms with Crippen molar-refractivity contribution in [1.82, 2.24) is 9.13 Å². The molecule has 1 aromatic carbocycles. The first-order chi connectivity index (χ1) is 15.5. The smallest absolute Gasteiger partial charge is 0.333 e. The maximum Gasteiger partial charge on any atom is 0.333 e. The number of rotatable bonds is 5. The number of furan rings is 1. The molecule has 0 radical (unpaired) electrons. The molecule has 7 nitrogen and oxygen atoms in total. The van der Waals surface area contributed by atoms with Gasteiger partial charge in [0.15, 0.2) is 0 Å². The van der Waals surface area contributed by atoms with E-state index in [0.717, 1.165) is 41.7 Å². The number of nitrogens with one attached hydrogen (secondary N) is 1. The molecule has 0 fully saturated rings. The Bertz CT molecular complexity index is 1410. The number of amides is 1. The van der Waals surface area contributed by atoms with Gasteiger partial charge in [0.25, 0.3) is 5.56 Å². The Morgan fingerprint density at radius 3 is 2.62 bits per heavy atom. The maximum atomic E-state index is 13.4. The van der Waals surface area contributed by atoms with Crippen LogP contribution < -0.4 is 16.6 Å². The Hall–Kier alpha value is -3.39. The summed E-state index contributed by atoms with van der Waals surface area (Å²) < 4.78 is 8.00. The Kier molecular flexibility index (Phi) is 5.30. The molecule has 0 unspecified atom stereocenters. The Morgan fingerprint density at radius 1 is 1.09 bits per heavy atom. The molecule has 1 aliphatic rings. The number of anilines is 1. The predicted molar refractivity (Wildman–Crippen MR) is 125 cm³/mol. The first-order valence-electron chi connectivity index (χ1n) is 10.7. The molecule has 0 saturated heterocycles. The highest BCUT2D eigenvalue weighted by molar-refractivity contribution is 7.18. The molecule has 0 aliphatic heterocycles. The van der Waals surface area contributed by atoms with Gasteiger partial charge in [-0.25, -0.2) is 4.79 Å². The minimum Gasteiger partial charge on any atom is -0.467 e. The van der Waals surface area contributed by atoms with E-state index < -0.39 is 5.69 Å². The van der Waals surface area contributed by atoms with Gasteiger partial charge in [-0.2, -0.15) is 0 Å². The van der Waals surface area contributed by atoms with E-state index in [1.807, 2.05) is 31.2 Å². The standard InChI is InChI=1S/C24H23N3O4S/c1-15-8-10-16(11-9-15)25-20(28)14-27-23-21(18-6-2-3-7-19(18)32-23)22(29)26(24(27)30)13-17-5-4-12-31-17/h4-5,8-12H,2-3,6-7,13-14H2,1H3,(H,25,28). The summed E-state index contributed by atoms with van der Waals surface area (Å²) in [6.07, 6.45) is 5.32. The monoisotopic (exact) mass is 449 g/mol.